The van der Waals surface area contributed by atoms with Crippen LogP contribution in [-0.2, 0) is 0 Å². The van der Waals surface area contributed by atoms with Crippen LogP contribution < -0.4 is 0 Å². The zero-order valence-corrected chi connectivity index (χ0v) is 11.7. The van der Waals surface area contributed by atoms with E-state index in [4.69, 9.17) is 11.6 Å². The first-order valence-electron chi connectivity index (χ1n) is 6.44. The Morgan fingerprint density at radius 3 is 2.50 bits per heavy atom. The second kappa shape index (κ2) is 7.04. The van der Waals surface area contributed by atoms with Crippen LogP contribution in [0.3, 0.4) is 0 Å². The molecular formula is C16H15ClN2O. The number of rotatable bonds is 5. The van der Waals surface area contributed by atoms with Crippen molar-refractivity contribution in [2.75, 3.05) is 6.61 Å². The summed E-state index contributed by atoms with van der Waals surface area (Å²) in [5.74, 6) is -0.527. The Morgan fingerprint density at radius 2 is 1.90 bits per heavy atom. The summed E-state index contributed by atoms with van der Waals surface area (Å²) in [5.41, 5.74) is 1.66. The van der Waals surface area contributed by atoms with Crippen LogP contribution in [0.25, 0.3) is 0 Å². The van der Waals surface area contributed by atoms with Crippen LogP contribution in [-0.4, -0.2) is 16.7 Å². The van der Waals surface area contributed by atoms with E-state index in [1.165, 1.54) is 0 Å². The molecule has 2 atom stereocenters. The number of hydrogen-bond acceptors (Lipinski definition) is 3. The van der Waals surface area contributed by atoms with Crippen LogP contribution in [0, 0.1) is 11.3 Å². The molecule has 0 aliphatic heterocycles. The van der Waals surface area contributed by atoms with Crippen molar-refractivity contribution in [2.24, 2.45) is 0 Å². The Kier molecular flexibility index (Phi) is 5.11. The molecule has 0 saturated heterocycles. The van der Waals surface area contributed by atoms with Crippen LogP contribution in [0.4, 0.5) is 0 Å². The molecule has 0 aliphatic carbocycles. The summed E-state index contributed by atoms with van der Waals surface area (Å²) < 4.78 is 0. The van der Waals surface area contributed by atoms with Gasteiger partial charge >= 0.3 is 0 Å². The summed E-state index contributed by atoms with van der Waals surface area (Å²) in [6, 6.07) is 17.2. The van der Waals surface area contributed by atoms with E-state index in [2.05, 4.69) is 11.1 Å². The lowest BCUT2D eigenvalue weighted by Crippen LogP contribution is -2.13. The molecule has 0 spiro atoms. The van der Waals surface area contributed by atoms with E-state index in [1.807, 2.05) is 42.5 Å². The van der Waals surface area contributed by atoms with Gasteiger partial charge in [0.1, 0.15) is 5.15 Å². The second-order valence-corrected chi connectivity index (χ2v) is 4.91. The molecule has 0 amide bonds. The number of aromatic nitrogens is 1. The SMILES string of the molecule is N#C[C@H](c1ccccc1)[C@@H](CCO)c1cccc(Cl)n1. The summed E-state index contributed by atoms with van der Waals surface area (Å²) >= 11 is 5.93. The Labute approximate surface area is 123 Å². The van der Waals surface area contributed by atoms with Gasteiger partial charge in [0.05, 0.1) is 12.0 Å². The van der Waals surface area contributed by atoms with Gasteiger partial charge in [-0.2, -0.15) is 5.26 Å². The lowest BCUT2D eigenvalue weighted by atomic mass is 9.82. The molecule has 1 aromatic carbocycles. The largest absolute Gasteiger partial charge is 0.396 e. The lowest BCUT2D eigenvalue weighted by Gasteiger charge is -2.21. The van der Waals surface area contributed by atoms with Crippen LogP contribution in [0.1, 0.15) is 29.5 Å². The molecule has 0 aliphatic rings. The van der Waals surface area contributed by atoms with Crippen molar-refractivity contribution in [1.29, 1.82) is 5.26 Å². The summed E-state index contributed by atoms with van der Waals surface area (Å²) in [6.07, 6.45) is 0.473. The number of pyridine rings is 1. The molecule has 0 fully saturated rings. The smallest absolute Gasteiger partial charge is 0.129 e. The highest BCUT2D eigenvalue weighted by atomic mass is 35.5. The average molecular weight is 287 g/mol. The minimum Gasteiger partial charge on any atom is -0.396 e. The molecule has 2 rings (SSSR count). The quantitative estimate of drug-likeness (QED) is 0.856. The number of benzene rings is 1. The van der Waals surface area contributed by atoms with Gasteiger partial charge in [0.25, 0.3) is 0 Å². The molecular weight excluding hydrogens is 272 g/mol. The number of aliphatic hydroxyl groups excluding tert-OH is 1. The highest BCUT2D eigenvalue weighted by Crippen LogP contribution is 2.34. The maximum absolute atomic E-state index is 9.51. The summed E-state index contributed by atoms with van der Waals surface area (Å²) in [5, 5.41) is 19.2. The number of hydrogen-bond donors (Lipinski definition) is 1. The average Bonchev–Trinajstić information content (AvgIpc) is 2.48. The number of nitrogens with zero attached hydrogens (tertiary/aromatic N) is 2. The highest BCUT2D eigenvalue weighted by molar-refractivity contribution is 6.29. The van der Waals surface area contributed by atoms with Crippen molar-refractivity contribution < 1.29 is 5.11 Å². The maximum Gasteiger partial charge on any atom is 0.129 e. The number of aliphatic hydroxyl groups is 1. The van der Waals surface area contributed by atoms with Gasteiger partial charge in [-0.05, 0) is 24.1 Å². The van der Waals surface area contributed by atoms with Crippen LogP contribution in [0.5, 0.6) is 0 Å². The molecule has 3 nitrogen and oxygen atoms in total. The Morgan fingerprint density at radius 1 is 1.15 bits per heavy atom. The topological polar surface area (TPSA) is 56.9 Å². The van der Waals surface area contributed by atoms with Crippen molar-refractivity contribution in [2.45, 2.75) is 18.3 Å². The van der Waals surface area contributed by atoms with Crippen molar-refractivity contribution in [3.8, 4) is 6.07 Å². The minimum atomic E-state index is -0.352. The van der Waals surface area contributed by atoms with E-state index in [-0.39, 0.29) is 18.4 Å². The Bertz CT molecular complexity index is 595. The van der Waals surface area contributed by atoms with Crippen molar-refractivity contribution in [3.05, 3.63) is 64.9 Å². The standard InChI is InChI=1S/C16H15ClN2O/c17-16-8-4-7-15(19-16)13(9-10-20)14(11-18)12-5-2-1-3-6-12/h1-8,13-14,20H,9-10H2/t13-,14-/m1/s1. The molecule has 0 saturated carbocycles. The molecule has 102 valence electrons. The first-order valence-corrected chi connectivity index (χ1v) is 6.82. The van der Waals surface area contributed by atoms with E-state index in [9.17, 15) is 10.4 Å². The summed E-state index contributed by atoms with van der Waals surface area (Å²) in [7, 11) is 0. The Hall–Kier alpha value is -1.89. The van der Waals surface area contributed by atoms with Crippen LogP contribution >= 0.6 is 11.6 Å². The predicted octanol–water partition coefficient (Wildman–Crippen LogP) is 3.51. The number of nitriles is 1. The molecule has 4 heteroatoms. The van der Waals surface area contributed by atoms with E-state index in [0.717, 1.165) is 11.3 Å². The van der Waals surface area contributed by atoms with E-state index in [1.54, 1.807) is 6.07 Å². The monoisotopic (exact) mass is 286 g/mol. The summed E-state index contributed by atoms with van der Waals surface area (Å²) in [4.78, 5) is 4.29. The van der Waals surface area contributed by atoms with Crippen molar-refractivity contribution in [3.63, 3.8) is 0 Å². The highest BCUT2D eigenvalue weighted by Gasteiger charge is 2.25. The van der Waals surface area contributed by atoms with Gasteiger partial charge in [-0.25, -0.2) is 4.98 Å². The third-order valence-corrected chi connectivity index (χ3v) is 3.47. The van der Waals surface area contributed by atoms with Gasteiger partial charge in [0.2, 0.25) is 0 Å². The van der Waals surface area contributed by atoms with Gasteiger partial charge in [-0.1, -0.05) is 48.0 Å². The maximum atomic E-state index is 9.51. The molecule has 0 radical (unpaired) electrons. The van der Waals surface area contributed by atoms with Crippen LogP contribution in [0.15, 0.2) is 48.5 Å². The predicted molar refractivity (Wildman–Crippen MR) is 78.5 cm³/mol. The van der Waals surface area contributed by atoms with Gasteiger partial charge < -0.3 is 5.11 Å². The van der Waals surface area contributed by atoms with Gasteiger partial charge in [-0.15, -0.1) is 0 Å². The fraction of sp³-hybridized carbons (Fsp3) is 0.250. The fourth-order valence-electron chi connectivity index (χ4n) is 2.31. The zero-order valence-electron chi connectivity index (χ0n) is 10.9. The molecule has 1 N–H and O–H groups in total. The van der Waals surface area contributed by atoms with Gasteiger partial charge in [-0.3, -0.25) is 0 Å². The van der Waals surface area contributed by atoms with Crippen molar-refractivity contribution in [1.82, 2.24) is 4.98 Å². The van der Waals surface area contributed by atoms with Crippen LogP contribution in [0.2, 0.25) is 5.15 Å². The molecule has 1 heterocycles. The molecule has 0 unspecified atom stereocenters. The molecule has 0 bridgehead atoms. The molecule has 2 aromatic rings. The van der Waals surface area contributed by atoms with E-state index < -0.39 is 0 Å². The lowest BCUT2D eigenvalue weighted by molar-refractivity contribution is 0.271. The minimum absolute atomic E-state index is 0.00384. The second-order valence-electron chi connectivity index (χ2n) is 4.52. The van der Waals surface area contributed by atoms with E-state index in [0.29, 0.717) is 11.6 Å². The normalized spacial score (nSPS) is 13.4. The van der Waals surface area contributed by atoms with Crippen molar-refractivity contribution >= 4 is 11.6 Å². The van der Waals surface area contributed by atoms with Gasteiger partial charge in [0.15, 0.2) is 0 Å². The van der Waals surface area contributed by atoms with Gasteiger partial charge in [0, 0.05) is 18.2 Å². The third-order valence-electron chi connectivity index (χ3n) is 3.26. The first-order chi connectivity index (χ1) is 9.76. The molecule has 20 heavy (non-hydrogen) atoms. The zero-order chi connectivity index (χ0) is 14.4. The summed E-state index contributed by atoms with van der Waals surface area (Å²) in [6.45, 7) is 0.00384. The van der Waals surface area contributed by atoms with E-state index >= 15 is 0 Å². The fourth-order valence-corrected chi connectivity index (χ4v) is 2.48. The Balaban J connectivity index is 2.39. The molecule has 1 aromatic heterocycles. The first kappa shape index (κ1) is 14.5. The number of halogens is 1. The third kappa shape index (κ3) is 3.36.